The highest BCUT2D eigenvalue weighted by Crippen LogP contribution is 2.51. The van der Waals surface area contributed by atoms with Gasteiger partial charge in [0.25, 0.3) is 0 Å². The van der Waals surface area contributed by atoms with Gasteiger partial charge in [0.15, 0.2) is 0 Å². The van der Waals surface area contributed by atoms with Crippen molar-refractivity contribution in [2.24, 2.45) is 0 Å². The van der Waals surface area contributed by atoms with E-state index in [1.54, 1.807) is 0 Å². The first-order valence-corrected chi connectivity index (χ1v) is 15.2. The summed E-state index contributed by atoms with van der Waals surface area (Å²) in [6.45, 7) is 0. The molecule has 10 rings (SSSR count). The lowest BCUT2D eigenvalue weighted by Crippen LogP contribution is -1.95. The van der Waals surface area contributed by atoms with Crippen molar-refractivity contribution in [2.75, 3.05) is 0 Å². The topological polar surface area (TPSA) is 9.86 Å². The number of nitrogens with zero attached hydrogens (tertiary/aromatic N) is 2. The van der Waals surface area contributed by atoms with Gasteiger partial charge in [-0.1, -0.05) is 121 Å². The summed E-state index contributed by atoms with van der Waals surface area (Å²) < 4.78 is 4.94. The van der Waals surface area contributed by atoms with Gasteiger partial charge in [-0.05, 0) is 53.1 Å². The molecule has 0 saturated carbocycles. The van der Waals surface area contributed by atoms with Crippen molar-refractivity contribution in [2.45, 2.75) is 0 Å². The number of hydrogen-bond acceptors (Lipinski definition) is 0. The molecule has 0 radical (unpaired) electrons. The average Bonchev–Trinajstić information content (AvgIpc) is 3.57. The summed E-state index contributed by atoms with van der Waals surface area (Å²) in [4.78, 5) is 0. The van der Waals surface area contributed by atoms with Crippen LogP contribution in [0.3, 0.4) is 0 Å². The molecule has 9 aromatic rings. The minimum atomic E-state index is 1.17. The lowest BCUT2D eigenvalue weighted by Gasteiger charge is -2.14. The van der Waals surface area contributed by atoms with Gasteiger partial charge in [-0.2, -0.15) is 0 Å². The molecule has 0 N–H and O–H groups in total. The maximum atomic E-state index is 2.49. The number of aromatic nitrogens is 2. The molecule has 0 amide bonds. The molecule has 0 spiro atoms. The highest BCUT2D eigenvalue weighted by molar-refractivity contribution is 6.24. The Hall–Kier alpha value is -5.86. The molecule has 0 fully saturated rings. The normalized spacial score (nSPS) is 12.1. The Kier molecular flexibility index (Phi) is 4.75. The van der Waals surface area contributed by atoms with Gasteiger partial charge in [0.2, 0.25) is 0 Å². The van der Waals surface area contributed by atoms with E-state index in [9.17, 15) is 0 Å². The zero-order valence-electron chi connectivity index (χ0n) is 23.9. The smallest absolute Gasteiger partial charge is 0.0620 e. The van der Waals surface area contributed by atoms with Gasteiger partial charge in [-0.15, -0.1) is 0 Å². The van der Waals surface area contributed by atoms with Crippen molar-refractivity contribution in [1.29, 1.82) is 0 Å². The molecular weight excluding hydrogens is 532 g/mol. The lowest BCUT2D eigenvalue weighted by atomic mass is 9.90. The third-order valence-corrected chi connectivity index (χ3v) is 9.45. The number of rotatable bonds is 2. The van der Waals surface area contributed by atoms with E-state index < -0.39 is 0 Å². The van der Waals surface area contributed by atoms with Crippen LogP contribution in [0.25, 0.3) is 88.4 Å². The summed E-state index contributed by atoms with van der Waals surface area (Å²) in [5, 5.41) is 5.14. The van der Waals surface area contributed by atoms with Crippen LogP contribution in [0.1, 0.15) is 0 Å². The van der Waals surface area contributed by atoms with Gasteiger partial charge in [0, 0.05) is 43.9 Å². The highest BCUT2D eigenvalue weighted by atomic mass is 15.0. The summed E-state index contributed by atoms with van der Waals surface area (Å²) in [5.41, 5.74) is 14.9. The van der Waals surface area contributed by atoms with Crippen LogP contribution in [-0.2, 0) is 0 Å². The molecule has 0 saturated heterocycles. The highest BCUT2D eigenvalue weighted by Gasteiger charge is 2.27. The van der Waals surface area contributed by atoms with E-state index in [2.05, 4.69) is 167 Å². The second kappa shape index (κ2) is 8.82. The van der Waals surface area contributed by atoms with Gasteiger partial charge in [-0.3, -0.25) is 0 Å². The molecule has 7 aromatic carbocycles. The second-order valence-electron chi connectivity index (χ2n) is 11.7. The second-order valence-corrected chi connectivity index (χ2v) is 11.7. The molecule has 1 aliphatic heterocycles. The predicted molar refractivity (Wildman–Crippen MR) is 185 cm³/mol. The summed E-state index contributed by atoms with van der Waals surface area (Å²) in [7, 11) is 0. The Labute approximate surface area is 254 Å². The van der Waals surface area contributed by atoms with Crippen molar-refractivity contribution in [3.8, 4) is 44.8 Å². The van der Waals surface area contributed by atoms with Gasteiger partial charge in [0.1, 0.15) is 0 Å². The maximum absolute atomic E-state index is 2.49. The molecule has 0 bridgehead atoms. The summed E-state index contributed by atoms with van der Waals surface area (Å²) in [5.74, 6) is 0. The third-order valence-electron chi connectivity index (χ3n) is 9.45. The number of para-hydroxylation sites is 4. The van der Waals surface area contributed by atoms with Crippen LogP contribution in [0.4, 0.5) is 0 Å². The molecule has 2 aromatic heterocycles. The summed E-state index contributed by atoms with van der Waals surface area (Å²) in [6.07, 6.45) is 0. The van der Waals surface area contributed by atoms with Crippen molar-refractivity contribution in [3.05, 3.63) is 158 Å². The quantitative estimate of drug-likeness (QED) is 0.200. The Balaban J connectivity index is 1.38. The van der Waals surface area contributed by atoms with Crippen LogP contribution in [-0.4, -0.2) is 9.13 Å². The van der Waals surface area contributed by atoms with Crippen molar-refractivity contribution in [1.82, 2.24) is 9.13 Å². The third kappa shape index (κ3) is 3.09. The minimum Gasteiger partial charge on any atom is -0.309 e. The summed E-state index contributed by atoms with van der Waals surface area (Å²) >= 11 is 0. The fraction of sp³-hybridized carbons (Fsp3) is 0. The van der Waals surface area contributed by atoms with Crippen LogP contribution in [0.5, 0.6) is 0 Å². The number of hydrogen-bond donors (Lipinski definition) is 0. The zero-order valence-corrected chi connectivity index (χ0v) is 23.9. The van der Waals surface area contributed by atoms with E-state index in [-0.39, 0.29) is 0 Å². The first-order chi connectivity index (χ1) is 21.9. The largest absolute Gasteiger partial charge is 0.309 e. The predicted octanol–water partition coefficient (Wildman–Crippen LogP) is 11.2. The molecule has 44 heavy (non-hydrogen) atoms. The molecule has 1 aliphatic rings. The zero-order chi connectivity index (χ0) is 28.8. The van der Waals surface area contributed by atoms with E-state index in [0.717, 1.165) is 0 Å². The minimum absolute atomic E-state index is 1.17. The van der Waals surface area contributed by atoms with Gasteiger partial charge in [0.05, 0.1) is 27.8 Å². The molecule has 204 valence electrons. The van der Waals surface area contributed by atoms with Crippen molar-refractivity contribution < 1.29 is 0 Å². The number of fused-ring (bicyclic) bond motifs is 12. The van der Waals surface area contributed by atoms with E-state index in [0.29, 0.717) is 0 Å². The van der Waals surface area contributed by atoms with Gasteiger partial charge < -0.3 is 9.13 Å². The summed E-state index contributed by atoms with van der Waals surface area (Å²) in [6, 6.07) is 57.7. The van der Waals surface area contributed by atoms with Crippen LogP contribution in [0.2, 0.25) is 0 Å². The molecule has 0 aliphatic carbocycles. The van der Waals surface area contributed by atoms with E-state index >= 15 is 0 Å². The fourth-order valence-electron chi connectivity index (χ4n) is 7.66. The standard InChI is InChI=1S/C42H26N2/c1-2-12-27(13-3-1)28-14-10-15-29(26-28)43-38-23-9-6-18-34(38)41-39(43)25-24-32-30-16-4-7-21-36(30)44-37-22-8-5-17-31(37)33-19-11-20-35(40(32)41)42(33)44/h1-26H. The first-order valence-electron chi connectivity index (χ1n) is 15.2. The van der Waals surface area contributed by atoms with Gasteiger partial charge in [-0.25, -0.2) is 0 Å². The Morgan fingerprint density at radius 3 is 1.91 bits per heavy atom. The van der Waals surface area contributed by atoms with E-state index in [4.69, 9.17) is 0 Å². The van der Waals surface area contributed by atoms with E-state index in [1.165, 1.54) is 88.4 Å². The fourth-order valence-corrected chi connectivity index (χ4v) is 7.66. The molecule has 2 heteroatoms. The maximum Gasteiger partial charge on any atom is 0.0620 e. The lowest BCUT2D eigenvalue weighted by molar-refractivity contribution is 1.18. The van der Waals surface area contributed by atoms with Crippen molar-refractivity contribution >= 4 is 43.6 Å². The Morgan fingerprint density at radius 2 is 1.02 bits per heavy atom. The van der Waals surface area contributed by atoms with E-state index in [1.807, 2.05) is 0 Å². The molecule has 0 atom stereocenters. The monoisotopic (exact) mass is 558 g/mol. The molecule has 0 unspecified atom stereocenters. The number of benzene rings is 7. The first kappa shape index (κ1) is 23.7. The molecule has 3 heterocycles. The molecule has 2 nitrogen and oxygen atoms in total. The van der Waals surface area contributed by atoms with Gasteiger partial charge >= 0.3 is 0 Å². The van der Waals surface area contributed by atoms with Crippen molar-refractivity contribution in [3.63, 3.8) is 0 Å². The Morgan fingerprint density at radius 1 is 0.364 bits per heavy atom. The molecular formula is C42H26N2. The van der Waals surface area contributed by atoms with Crippen LogP contribution < -0.4 is 0 Å². The average molecular weight is 559 g/mol. The van der Waals surface area contributed by atoms with Crippen LogP contribution in [0.15, 0.2) is 158 Å². The Bertz CT molecular complexity index is 2600. The van der Waals surface area contributed by atoms with Crippen LogP contribution in [0, 0.1) is 0 Å². The SMILES string of the molecule is c1ccc(-c2cccc(-n3c4ccccc4c4c5c(ccc43)-c3ccccc3-n3c4ccccc4c4cccc-5c43)c2)cc1. The van der Waals surface area contributed by atoms with Crippen LogP contribution >= 0.6 is 0 Å².